The summed E-state index contributed by atoms with van der Waals surface area (Å²) in [6.07, 6.45) is 6.18. The summed E-state index contributed by atoms with van der Waals surface area (Å²) in [5.74, 6) is 1.82. The number of benzene rings is 1. The first kappa shape index (κ1) is 14.7. The van der Waals surface area contributed by atoms with E-state index in [2.05, 4.69) is 27.8 Å². The zero-order chi connectivity index (χ0) is 14.2. The minimum absolute atomic E-state index is 0.599. The average Bonchev–Trinajstić information content (AvgIpc) is 3.00. The normalized spacial score (nSPS) is 16.2. The Morgan fingerprint density at radius 2 is 1.95 bits per heavy atom. The molecule has 2 rings (SSSR count). The second-order valence-electron chi connectivity index (χ2n) is 5.22. The molecule has 0 atom stereocenters. The zero-order valence-electron chi connectivity index (χ0n) is 12.5. The molecule has 1 aromatic rings. The van der Waals surface area contributed by atoms with Crippen LogP contribution < -0.4 is 15.4 Å². The van der Waals surface area contributed by atoms with Crippen LogP contribution in [0.4, 0.5) is 0 Å². The van der Waals surface area contributed by atoms with Crippen molar-refractivity contribution in [3.63, 3.8) is 0 Å². The highest BCUT2D eigenvalue weighted by Gasteiger charge is 2.15. The SMILES string of the molecule is CN=C(NCCc1ccc(OC)cc1)NC1CCCC1. The predicted octanol–water partition coefficient (Wildman–Crippen LogP) is 2.35. The van der Waals surface area contributed by atoms with E-state index >= 15 is 0 Å². The molecule has 2 N–H and O–H groups in total. The molecule has 20 heavy (non-hydrogen) atoms. The first-order valence-corrected chi connectivity index (χ1v) is 7.42. The third-order valence-corrected chi connectivity index (χ3v) is 3.78. The van der Waals surface area contributed by atoms with E-state index in [1.54, 1.807) is 7.11 Å². The molecule has 0 spiro atoms. The van der Waals surface area contributed by atoms with Crippen molar-refractivity contribution in [3.8, 4) is 5.75 Å². The van der Waals surface area contributed by atoms with Crippen molar-refractivity contribution in [2.24, 2.45) is 4.99 Å². The van der Waals surface area contributed by atoms with Gasteiger partial charge in [0.15, 0.2) is 5.96 Å². The van der Waals surface area contributed by atoms with Gasteiger partial charge in [-0.1, -0.05) is 25.0 Å². The van der Waals surface area contributed by atoms with Crippen molar-refractivity contribution in [2.75, 3.05) is 20.7 Å². The Kier molecular flexibility index (Phi) is 5.71. The Morgan fingerprint density at radius 3 is 2.55 bits per heavy atom. The van der Waals surface area contributed by atoms with Crippen molar-refractivity contribution in [2.45, 2.75) is 38.1 Å². The molecule has 0 saturated heterocycles. The lowest BCUT2D eigenvalue weighted by molar-refractivity contribution is 0.414. The van der Waals surface area contributed by atoms with Gasteiger partial charge in [-0.25, -0.2) is 0 Å². The molecule has 4 nitrogen and oxygen atoms in total. The zero-order valence-corrected chi connectivity index (χ0v) is 12.5. The maximum absolute atomic E-state index is 5.16. The Morgan fingerprint density at radius 1 is 1.25 bits per heavy atom. The number of hydrogen-bond donors (Lipinski definition) is 2. The van der Waals surface area contributed by atoms with Crippen molar-refractivity contribution in [1.29, 1.82) is 0 Å². The molecule has 0 bridgehead atoms. The molecular formula is C16H25N3O. The standard InChI is InChI=1S/C16H25N3O/c1-17-16(19-14-5-3-4-6-14)18-12-11-13-7-9-15(20-2)10-8-13/h7-10,14H,3-6,11-12H2,1-2H3,(H2,17,18,19). The van der Waals surface area contributed by atoms with Gasteiger partial charge < -0.3 is 15.4 Å². The second-order valence-corrected chi connectivity index (χ2v) is 5.22. The Balaban J connectivity index is 1.72. The first-order chi connectivity index (χ1) is 9.81. The van der Waals surface area contributed by atoms with E-state index in [4.69, 9.17) is 4.74 Å². The third-order valence-electron chi connectivity index (χ3n) is 3.78. The second kappa shape index (κ2) is 7.78. The minimum Gasteiger partial charge on any atom is -0.497 e. The number of aliphatic imine (C=N–C) groups is 1. The Labute approximate surface area is 121 Å². The van der Waals surface area contributed by atoms with E-state index in [0.29, 0.717) is 6.04 Å². The molecular weight excluding hydrogens is 250 g/mol. The van der Waals surface area contributed by atoms with Crippen molar-refractivity contribution in [1.82, 2.24) is 10.6 Å². The van der Waals surface area contributed by atoms with Crippen LogP contribution in [0.2, 0.25) is 0 Å². The summed E-state index contributed by atoms with van der Waals surface area (Å²) in [6, 6.07) is 8.81. The summed E-state index contributed by atoms with van der Waals surface area (Å²) in [7, 11) is 3.52. The van der Waals surface area contributed by atoms with E-state index in [0.717, 1.165) is 24.7 Å². The van der Waals surface area contributed by atoms with Crippen LogP contribution >= 0.6 is 0 Å². The van der Waals surface area contributed by atoms with Gasteiger partial charge in [-0.05, 0) is 37.0 Å². The highest BCUT2D eigenvalue weighted by atomic mass is 16.5. The van der Waals surface area contributed by atoms with Gasteiger partial charge in [-0.15, -0.1) is 0 Å². The maximum Gasteiger partial charge on any atom is 0.191 e. The molecule has 110 valence electrons. The van der Waals surface area contributed by atoms with Crippen molar-refractivity contribution in [3.05, 3.63) is 29.8 Å². The van der Waals surface area contributed by atoms with Crippen LogP contribution in [0, 0.1) is 0 Å². The fourth-order valence-corrected chi connectivity index (χ4v) is 2.58. The number of nitrogens with zero attached hydrogens (tertiary/aromatic N) is 1. The topological polar surface area (TPSA) is 45.7 Å². The number of rotatable bonds is 5. The van der Waals surface area contributed by atoms with Crippen LogP contribution in [0.1, 0.15) is 31.2 Å². The summed E-state index contributed by atoms with van der Waals surface area (Å²) in [5, 5.41) is 6.87. The van der Waals surface area contributed by atoms with Gasteiger partial charge in [0.1, 0.15) is 5.75 Å². The first-order valence-electron chi connectivity index (χ1n) is 7.42. The van der Waals surface area contributed by atoms with Crippen molar-refractivity contribution >= 4 is 5.96 Å². The summed E-state index contributed by atoms with van der Waals surface area (Å²) in [6.45, 7) is 0.888. The molecule has 0 unspecified atom stereocenters. The van der Waals surface area contributed by atoms with Crippen LogP contribution in [0.3, 0.4) is 0 Å². The number of ether oxygens (including phenoxy) is 1. The van der Waals surface area contributed by atoms with Gasteiger partial charge in [0.2, 0.25) is 0 Å². The lowest BCUT2D eigenvalue weighted by atomic mass is 10.1. The van der Waals surface area contributed by atoms with Gasteiger partial charge in [0, 0.05) is 19.6 Å². The van der Waals surface area contributed by atoms with Crippen LogP contribution in [-0.4, -0.2) is 32.7 Å². The van der Waals surface area contributed by atoms with Crippen molar-refractivity contribution < 1.29 is 4.74 Å². The molecule has 0 amide bonds. The molecule has 1 fully saturated rings. The Bertz CT molecular complexity index is 422. The van der Waals surface area contributed by atoms with E-state index in [1.807, 2.05) is 19.2 Å². The highest BCUT2D eigenvalue weighted by Crippen LogP contribution is 2.17. The maximum atomic E-state index is 5.16. The molecule has 0 heterocycles. The quantitative estimate of drug-likeness (QED) is 0.640. The largest absolute Gasteiger partial charge is 0.497 e. The fraction of sp³-hybridized carbons (Fsp3) is 0.562. The van der Waals surface area contributed by atoms with E-state index in [-0.39, 0.29) is 0 Å². The lowest BCUT2D eigenvalue weighted by Gasteiger charge is -2.16. The van der Waals surface area contributed by atoms with E-state index in [9.17, 15) is 0 Å². The summed E-state index contributed by atoms with van der Waals surface area (Å²) in [4.78, 5) is 4.28. The molecule has 0 radical (unpaired) electrons. The molecule has 0 aromatic heterocycles. The lowest BCUT2D eigenvalue weighted by Crippen LogP contribution is -2.42. The van der Waals surface area contributed by atoms with Gasteiger partial charge in [0.05, 0.1) is 7.11 Å². The molecule has 0 aliphatic heterocycles. The van der Waals surface area contributed by atoms with Crippen LogP contribution in [0.15, 0.2) is 29.3 Å². The number of hydrogen-bond acceptors (Lipinski definition) is 2. The molecule has 4 heteroatoms. The Hall–Kier alpha value is -1.71. The molecule has 1 aromatic carbocycles. The summed E-state index contributed by atoms with van der Waals surface area (Å²) >= 11 is 0. The fourth-order valence-electron chi connectivity index (χ4n) is 2.58. The van der Waals surface area contributed by atoms with Crippen LogP contribution in [-0.2, 0) is 6.42 Å². The highest BCUT2D eigenvalue weighted by molar-refractivity contribution is 5.79. The van der Waals surface area contributed by atoms with Gasteiger partial charge in [-0.2, -0.15) is 0 Å². The van der Waals surface area contributed by atoms with Crippen LogP contribution in [0.25, 0.3) is 0 Å². The smallest absolute Gasteiger partial charge is 0.191 e. The average molecular weight is 275 g/mol. The van der Waals surface area contributed by atoms with E-state index in [1.165, 1.54) is 31.2 Å². The van der Waals surface area contributed by atoms with Gasteiger partial charge in [-0.3, -0.25) is 4.99 Å². The summed E-state index contributed by atoms with van der Waals surface area (Å²) in [5.41, 5.74) is 1.30. The molecule has 1 saturated carbocycles. The molecule has 1 aliphatic carbocycles. The molecule has 1 aliphatic rings. The number of guanidine groups is 1. The monoisotopic (exact) mass is 275 g/mol. The number of nitrogens with one attached hydrogen (secondary N) is 2. The van der Waals surface area contributed by atoms with Gasteiger partial charge in [0.25, 0.3) is 0 Å². The van der Waals surface area contributed by atoms with Gasteiger partial charge >= 0.3 is 0 Å². The predicted molar refractivity (Wildman–Crippen MR) is 83.5 cm³/mol. The third kappa shape index (κ3) is 4.44. The minimum atomic E-state index is 0.599. The van der Waals surface area contributed by atoms with Crippen LogP contribution in [0.5, 0.6) is 5.75 Å². The summed E-state index contributed by atoms with van der Waals surface area (Å²) < 4.78 is 5.16. The van der Waals surface area contributed by atoms with E-state index < -0.39 is 0 Å². The number of methoxy groups -OCH3 is 1.